The molecule has 29 heavy (non-hydrogen) atoms. The molecule has 1 aliphatic rings. The molecule has 6 nitrogen and oxygen atoms in total. The Hall–Kier alpha value is -2.70. The summed E-state index contributed by atoms with van der Waals surface area (Å²) in [5.74, 6) is 0.484. The molecule has 1 N–H and O–H groups in total. The summed E-state index contributed by atoms with van der Waals surface area (Å²) in [4.78, 5) is 26.3. The Kier molecular flexibility index (Phi) is 7.78. The van der Waals surface area contributed by atoms with E-state index in [1.54, 1.807) is 24.3 Å². The number of Topliss-reactive ketones (excluding diaryl/α,β-unsaturated/α-hetero) is 1. The van der Waals surface area contributed by atoms with Gasteiger partial charge in [0.15, 0.2) is 12.4 Å². The number of nitrogens with one attached hydrogen (secondary N) is 1. The largest absolute Gasteiger partial charge is 0.484 e. The van der Waals surface area contributed by atoms with Crippen LogP contribution >= 0.6 is 0 Å². The Morgan fingerprint density at radius 2 is 1.76 bits per heavy atom. The molecule has 0 spiro atoms. The van der Waals surface area contributed by atoms with Gasteiger partial charge in [-0.2, -0.15) is 0 Å². The Bertz CT molecular complexity index is 786. The van der Waals surface area contributed by atoms with Crippen molar-refractivity contribution in [2.24, 2.45) is 0 Å². The first kappa shape index (κ1) is 21.0. The van der Waals surface area contributed by atoms with E-state index in [1.165, 1.54) is 5.56 Å². The average Bonchev–Trinajstić information content (AvgIpc) is 2.79. The van der Waals surface area contributed by atoms with Crippen LogP contribution in [-0.4, -0.2) is 56.0 Å². The van der Waals surface area contributed by atoms with E-state index in [-0.39, 0.29) is 24.3 Å². The molecule has 1 aliphatic heterocycles. The third-order valence-electron chi connectivity index (χ3n) is 5.03. The van der Waals surface area contributed by atoms with E-state index in [2.05, 4.69) is 22.3 Å². The molecule has 0 aromatic heterocycles. The summed E-state index contributed by atoms with van der Waals surface area (Å²) in [6.07, 6.45) is 0.467. The number of morpholine rings is 1. The predicted octanol–water partition coefficient (Wildman–Crippen LogP) is 2.85. The summed E-state index contributed by atoms with van der Waals surface area (Å²) in [6.45, 7) is 5.37. The standard InChI is InChI=1S/C23H28N2O4/c1-2-22(26)19-8-10-20(11-9-19)29-17-23(27)24-16-21(18-6-4-3-5-7-18)25-12-14-28-15-13-25/h3-11,21H,2,12-17H2,1H3,(H,24,27). The van der Waals surface area contributed by atoms with Gasteiger partial charge in [-0.25, -0.2) is 0 Å². The molecule has 0 aliphatic carbocycles. The zero-order chi connectivity index (χ0) is 20.5. The molecule has 2 aromatic rings. The highest BCUT2D eigenvalue weighted by Gasteiger charge is 2.23. The average molecular weight is 396 g/mol. The van der Waals surface area contributed by atoms with Gasteiger partial charge in [0.2, 0.25) is 0 Å². The number of rotatable bonds is 9. The smallest absolute Gasteiger partial charge is 0.258 e. The lowest BCUT2D eigenvalue weighted by atomic mass is 10.0. The topological polar surface area (TPSA) is 67.9 Å². The van der Waals surface area contributed by atoms with Gasteiger partial charge in [-0.3, -0.25) is 14.5 Å². The maximum atomic E-state index is 12.3. The van der Waals surface area contributed by atoms with Crippen LogP contribution in [0, 0.1) is 0 Å². The molecule has 1 heterocycles. The second kappa shape index (κ2) is 10.7. The first-order chi connectivity index (χ1) is 14.2. The van der Waals surface area contributed by atoms with Gasteiger partial charge in [0.05, 0.1) is 19.3 Å². The van der Waals surface area contributed by atoms with Crippen molar-refractivity contribution >= 4 is 11.7 Å². The summed E-state index contributed by atoms with van der Waals surface area (Å²) in [5, 5.41) is 2.99. The number of amides is 1. The molecular formula is C23H28N2O4. The molecule has 154 valence electrons. The lowest BCUT2D eigenvalue weighted by Crippen LogP contribution is -2.44. The Balaban J connectivity index is 1.52. The molecule has 0 radical (unpaired) electrons. The lowest BCUT2D eigenvalue weighted by Gasteiger charge is -2.34. The van der Waals surface area contributed by atoms with Crippen LogP contribution in [0.4, 0.5) is 0 Å². The fraction of sp³-hybridized carbons (Fsp3) is 0.391. The summed E-state index contributed by atoms with van der Waals surface area (Å²) in [6, 6.07) is 17.2. The summed E-state index contributed by atoms with van der Waals surface area (Å²) in [5.41, 5.74) is 1.83. The van der Waals surface area contributed by atoms with Crippen LogP contribution in [0.5, 0.6) is 5.75 Å². The van der Waals surface area contributed by atoms with E-state index in [9.17, 15) is 9.59 Å². The van der Waals surface area contributed by atoms with E-state index in [0.717, 1.165) is 13.1 Å². The van der Waals surface area contributed by atoms with Crippen molar-refractivity contribution in [3.8, 4) is 5.75 Å². The normalized spacial score (nSPS) is 15.5. The van der Waals surface area contributed by atoms with Gasteiger partial charge >= 0.3 is 0 Å². The molecule has 1 atom stereocenters. The SMILES string of the molecule is CCC(=O)c1ccc(OCC(=O)NCC(c2ccccc2)N2CCOCC2)cc1. The molecule has 0 saturated carbocycles. The van der Waals surface area contributed by atoms with Crippen LogP contribution in [0.15, 0.2) is 54.6 Å². The zero-order valence-electron chi connectivity index (χ0n) is 16.8. The summed E-state index contributed by atoms with van der Waals surface area (Å²) >= 11 is 0. The molecule has 2 aromatic carbocycles. The third kappa shape index (κ3) is 6.14. The fourth-order valence-electron chi connectivity index (χ4n) is 3.37. The number of ether oxygens (including phenoxy) is 2. The fourth-order valence-corrected chi connectivity index (χ4v) is 3.37. The molecule has 1 amide bonds. The van der Waals surface area contributed by atoms with Gasteiger partial charge in [0, 0.05) is 31.6 Å². The maximum absolute atomic E-state index is 12.3. The van der Waals surface area contributed by atoms with Crippen molar-refractivity contribution < 1.29 is 19.1 Å². The monoisotopic (exact) mass is 396 g/mol. The van der Waals surface area contributed by atoms with Crippen molar-refractivity contribution in [2.75, 3.05) is 39.5 Å². The van der Waals surface area contributed by atoms with Crippen molar-refractivity contribution in [3.63, 3.8) is 0 Å². The second-order valence-corrected chi connectivity index (χ2v) is 6.97. The molecule has 3 rings (SSSR count). The number of ketones is 1. The molecule has 0 bridgehead atoms. The van der Waals surface area contributed by atoms with Crippen molar-refractivity contribution in [3.05, 3.63) is 65.7 Å². The highest BCUT2D eigenvalue weighted by Crippen LogP contribution is 2.21. The number of carbonyl (C=O) groups is 2. The van der Waals surface area contributed by atoms with Gasteiger partial charge in [-0.05, 0) is 29.8 Å². The minimum Gasteiger partial charge on any atom is -0.484 e. The number of carbonyl (C=O) groups excluding carboxylic acids is 2. The molecular weight excluding hydrogens is 368 g/mol. The molecule has 1 saturated heterocycles. The van der Waals surface area contributed by atoms with Gasteiger partial charge in [-0.1, -0.05) is 37.3 Å². The number of nitrogens with zero attached hydrogens (tertiary/aromatic N) is 1. The number of hydrogen-bond acceptors (Lipinski definition) is 5. The Morgan fingerprint density at radius 3 is 2.41 bits per heavy atom. The molecule has 6 heteroatoms. The van der Waals surface area contributed by atoms with E-state index in [1.807, 2.05) is 25.1 Å². The van der Waals surface area contributed by atoms with Gasteiger partial charge in [0.1, 0.15) is 5.75 Å². The van der Waals surface area contributed by atoms with Crippen LogP contribution < -0.4 is 10.1 Å². The predicted molar refractivity (Wildman–Crippen MR) is 111 cm³/mol. The molecule has 1 fully saturated rings. The Morgan fingerprint density at radius 1 is 1.07 bits per heavy atom. The van der Waals surface area contributed by atoms with Crippen molar-refractivity contribution in [1.29, 1.82) is 0 Å². The van der Waals surface area contributed by atoms with Crippen LogP contribution in [0.3, 0.4) is 0 Å². The highest BCUT2D eigenvalue weighted by molar-refractivity contribution is 5.95. The summed E-state index contributed by atoms with van der Waals surface area (Å²) < 4.78 is 11.0. The highest BCUT2D eigenvalue weighted by atomic mass is 16.5. The lowest BCUT2D eigenvalue weighted by molar-refractivity contribution is -0.123. The van der Waals surface area contributed by atoms with Crippen molar-refractivity contribution in [2.45, 2.75) is 19.4 Å². The number of hydrogen-bond donors (Lipinski definition) is 1. The van der Waals surface area contributed by atoms with Crippen LogP contribution in [0.2, 0.25) is 0 Å². The van der Waals surface area contributed by atoms with Gasteiger partial charge in [-0.15, -0.1) is 0 Å². The molecule has 1 unspecified atom stereocenters. The van der Waals surface area contributed by atoms with Gasteiger partial charge in [0.25, 0.3) is 5.91 Å². The van der Waals surface area contributed by atoms with E-state index in [0.29, 0.717) is 37.5 Å². The second-order valence-electron chi connectivity index (χ2n) is 6.97. The first-order valence-corrected chi connectivity index (χ1v) is 10.1. The minimum absolute atomic E-state index is 0.0638. The van der Waals surface area contributed by atoms with E-state index < -0.39 is 0 Å². The van der Waals surface area contributed by atoms with Crippen LogP contribution in [-0.2, 0) is 9.53 Å². The quantitative estimate of drug-likeness (QED) is 0.660. The Labute approximate surface area is 171 Å². The first-order valence-electron chi connectivity index (χ1n) is 10.1. The maximum Gasteiger partial charge on any atom is 0.258 e. The van der Waals surface area contributed by atoms with E-state index >= 15 is 0 Å². The van der Waals surface area contributed by atoms with Gasteiger partial charge < -0.3 is 14.8 Å². The zero-order valence-corrected chi connectivity index (χ0v) is 16.8. The summed E-state index contributed by atoms with van der Waals surface area (Å²) in [7, 11) is 0. The van der Waals surface area contributed by atoms with Crippen LogP contribution in [0.25, 0.3) is 0 Å². The van der Waals surface area contributed by atoms with Crippen molar-refractivity contribution in [1.82, 2.24) is 10.2 Å². The van der Waals surface area contributed by atoms with Crippen LogP contribution in [0.1, 0.15) is 35.3 Å². The third-order valence-corrected chi connectivity index (χ3v) is 5.03. The minimum atomic E-state index is -0.173. The van der Waals surface area contributed by atoms with E-state index in [4.69, 9.17) is 9.47 Å². The number of benzene rings is 2.